The summed E-state index contributed by atoms with van der Waals surface area (Å²) in [5, 5.41) is 11.2. The smallest absolute Gasteiger partial charge is 0.291 e. The van der Waals surface area contributed by atoms with Crippen molar-refractivity contribution in [1.29, 1.82) is 0 Å². The van der Waals surface area contributed by atoms with Crippen LogP contribution in [0.4, 0.5) is 4.39 Å². The molecule has 2 aliphatic rings. The number of Topliss-reactive ketones (excluding diaryl/α,β-unsaturated/α-hetero) is 1. The molecule has 1 fully saturated rings. The third-order valence-corrected chi connectivity index (χ3v) is 9.19. The van der Waals surface area contributed by atoms with Crippen LogP contribution in [0, 0.1) is 11.2 Å². The number of pyridine rings is 1. The van der Waals surface area contributed by atoms with Gasteiger partial charge >= 0.3 is 5.03 Å². The van der Waals surface area contributed by atoms with Gasteiger partial charge in [0.1, 0.15) is 17.6 Å². The van der Waals surface area contributed by atoms with Gasteiger partial charge in [-0.3, -0.25) is 9.78 Å². The molecule has 4 aromatic rings. The Morgan fingerprint density at radius 3 is 2.67 bits per heavy atom. The van der Waals surface area contributed by atoms with Crippen LogP contribution in [0.3, 0.4) is 0 Å². The lowest BCUT2D eigenvalue weighted by atomic mass is 9.65. The molecule has 0 radical (unpaired) electrons. The van der Waals surface area contributed by atoms with Gasteiger partial charge in [0.25, 0.3) is 10.0 Å². The molecule has 0 unspecified atom stereocenters. The molecule has 0 amide bonds. The van der Waals surface area contributed by atoms with E-state index in [1.165, 1.54) is 22.6 Å². The van der Waals surface area contributed by atoms with Crippen LogP contribution in [0.15, 0.2) is 71.7 Å². The van der Waals surface area contributed by atoms with Crippen molar-refractivity contribution >= 4 is 21.9 Å². The van der Waals surface area contributed by atoms with Crippen molar-refractivity contribution in [3.8, 4) is 5.69 Å². The predicted molar refractivity (Wildman–Crippen MR) is 139 cm³/mol. The van der Waals surface area contributed by atoms with E-state index in [9.17, 15) is 17.6 Å². The molecule has 1 aromatic carbocycles. The number of piperidine rings is 1. The quantitative estimate of drug-likeness (QED) is 0.293. The Labute approximate surface area is 224 Å². The first-order chi connectivity index (χ1) is 18.7. The minimum Gasteiger partial charge on any atom is -0.291 e. The number of ketones is 1. The van der Waals surface area contributed by atoms with E-state index in [0.717, 1.165) is 16.8 Å². The molecule has 39 heavy (non-hydrogen) atoms. The Morgan fingerprint density at radius 1 is 1.18 bits per heavy atom. The van der Waals surface area contributed by atoms with Gasteiger partial charge in [0.2, 0.25) is 0 Å². The molecule has 1 aliphatic heterocycles. The van der Waals surface area contributed by atoms with E-state index in [0.29, 0.717) is 12.1 Å². The lowest BCUT2D eigenvalue weighted by Gasteiger charge is -2.44. The van der Waals surface area contributed by atoms with Gasteiger partial charge in [-0.2, -0.15) is 14.1 Å². The largest absolute Gasteiger partial charge is 0.346 e. The maximum atomic E-state index is 14.2. The summed E-state index contributed by atoms with van der Waals surface area (Å²) in [7, 11) is -3.98. The highest BCUT2D eigenvalue weighted by atomic mass is 32.2. The minimum atomic E-state index is -3.98. The van der Waals surface area contributed by atoms with E-state index >= 15 is 0 Å². The van der Waals surface area contributed by atoms with Crippen LogP contribution in [0.1, 0.15) is 48.1 Å². The van der Waals surface area contributed by atoms with Crippen molar-refractivity contribution in [2.45, 2.75) is 37.8 Å². The van der Waals surface area contributed by atoms with Crippen LogP contribution in [-0.4, -0.2) is 56.7 Å². The number of fused-ring (bicyclic) bond motifs is 2. The number of carbonyl (C=O) groups excluding carboxylic acids is 1. The molecule has 12 heteroatoms. The van der Waals surface area contributed by atoms with Crippen LogP contribution < -0.4 is 4.68 Å². The summed E-state index contributed by atoms with van der Waals surface area (Å²) in [6.07, 6.45) is 7.25. The number of aromatic amines is 1. The molecule has 0 saturated carbocycles. The van der Waals surface area contributed by atoms with Crippen molar-refractivity contribution < 1.29 is 22.3 Å². The van der Waals surface area contributed by atoms with E-state index in [4.69, 9.17) is 0 Å². The first-order valence-electron chi connectivity index (χ1n) is 12.7. The van der Waals surface area contributed by atoms with Gasteiger partial charge in [0.15, 0.2) is 12.0 Å². The first kappa shape index (κ1) is 25.3. The number of H-pyrrole nitrogens is 1. The van der Waals surface area contributed by atoms with E-state index in [2.05, 4.69) is 20.4 Å². The molecule has 4 heterocycles. The molecule has 1 saturated heterocycles. The average molecular weight is 549 g/mol. The van der Waals surface area contributed by atoms with Gasteiger partial charge in [-0.05, 0) is 74.7 Å². The fourth-order valence-corrected chi connectivity index (χ4v) is 6.75. The normalized spacial score (nSPS) is 19.4. The Bertz CT molecular complexity index is 1690. The van der Waals surface area contributed by atoms with Gasteiger partial charge in [-0.15, -0.1) is 0 Å². The van der Waals surface area contributed by atoms with Crippen molar-refractivity contribution in [3.63, 3.8) is 0 Å². The third kappa shape index (κ3) is 4.20. The molecule has 6 rings (SSSR count). The second kappa shape index (κ2) is 9.31. The summed E-state index contributed by atoms with van der Waals surface area (Å²) < 4.78 is 45.6. The van der Waals surface area contributed by atoms with Crippen molar-refractivity contribution in [3.05, 3.63) is 89.4 Å². The van der Waals surface area contributed by atoms with Gasteiger partial charge in [-0.1, -0.05) is 16.9 Å². The topological polar surface area (TPSA) is 118 Å². The second-order valence-electron chi connectivity index (χ2n) is 10.2. The monoisotopic (exact) mass is 548 g/mol. The molecule has 1 aliphatic carbocycles. The number of sulfonamides is 1. The highest BCUT2D eigenvalue weighted by molar-refractivity contribution is 7.89. The summed E-state index contributed by atoms with van der Waals surface area (Å²) >= 11 is 0. The molecule has 0 spiro atoms. The van der Waals surface area contributed by atoms with Crippen molar-refractivity contribution in [1.82, 2.24) is 29.4 Å². The number of rotatable bonds is 6. The van der Waals surface area contributed by atoms with Crippen LogP contribution in [-0.2, 0) is 16.4 Å². The molecule has 10 nitrogen and oxygen atoms in total. The molecular formula is C27H27FN7O3S+. The molecule has 1 atom stereocenters. The summed E-state index contributed by atoms with van der Waals surface area (Å²) in [6.45, 7) is 3.98. The zero-order valence-electron chi connectivity index (χ0n) is 21.5. The Balaban J connectivity index is 1.43. The first-order valence-corrected chi connectivity index (χ1v) is 14.1. The molecular weight excluding hydrogens is 521 g/mol. The lowest BCUT2D eigenvalue weighted by Crippen LogP contribution is -2.53. The zero-order chi connectivity index (χ0) is 27.4. The molecule has 200 valence electrons. The number of nitrogens with zero attached hydrogens (tertiary/aromatic N) is 6. The van der Waals surface area contributed by atoms with Crippen LogP contribution >= 0.6 is 0 Å². The number of aromatic nitrogens is 6. The summed E-state index contributed by atoms with van der Waals surface area (Å²) in [4.78, 5) is 18.5. The van der Waals surface area contributed by atoms with Crippen LogP contribution in [0.25, 0.3) is 11.8 Å². The van der Waals surface area contributed by atoms with E-state index in [1.807, 2.05) is 19.9 Å². The van der Waals surface area contributed by atoms with Gasteiger partial charge in [0, 0.05) is 19.3 Å². The van der Waals surface area contributed by atoms with Crippen LogP contribution in [0.2, 0.25) is 0 Å². The second-order valence-corrected chi connectivity index (χ2v) is 12.1. The number of halogens is 1. The lowest BCUT2D eigenvalue weighted by molar-refractivity contribution is -0.771. The number of benzene rings is 1. The predicted octanol–water partition coefficient (Wildman–Crippen LogP) is 2.90. The maximum Gasteiger partial charge on any atom is 0.346 e. The van der Waals surface area contributed by atoms with E-state index in [-0.39, 0.29) is 47.9 Å². The Morgan fingerprint density at radius 2 is 1.97 bits per heavy atom. The van der Waals surface area contributed by atoms with Gasteiger partial charge < -0.3 is 0 Å². The molecule has 1 N–H and O–H groups in total. The fraction of sp³-hybridized carbons (Fsp3) is 0.296. The summed E-state index contributed by atoms with van der Waals surface area (Å²) in [6, 6.07) is 11.2. The Hall–Kier alpha value is -4.03. The summed E-state index contributed by atoms with van der Waals surface area (Å²) in [5.41, 5.74) is 2.21. The number of nitrogens with one attached hydrogen (secondary N) is 1. The van der Waals surface area contributed by atoms with Gasteiger partial charge in [-0.25, -0.2) is 17.5 Å². The number of hydrogen-bond acceptors (Lipinski definition) is 6. The number of hydrogen-bond donors (Lipinski definition) is 1. The third-order valence-electron chi connectivity index (χ3n) is 7.47. The maximum absolute atomic E-state index is 14.2. The SMILES string of the molecule is CC(C)[n+]1cc(S(=O)(=O)N2CCC3=Cc4c(cnn4-c4ccc(F)cc4)C[C@]3(C(=O)c3ccccn3)C2)n[nH]1. The van der Waals surface area contributed by atoms with Crippen LogP contribution in [0.5, 0.6) is 0 Å². The minimum absolute atomic E-state index is 0.00354. The number of carbonyl (C=O) groups is 1. The molecule has 3 aromatic heterocycles. The zero-order valence-corrected chi connectivity index (χ0v) is 22.3. The van der Waals surface area contributed by atoms with Crippen molar-refractivity contribution in [2.75, 3.05) is 13.1 Å². The average Bonchev–Trinajstić information content (AvgIpc) is 3.60. The van der Waals surface area contributed by atoms with Gasteiger partial charge in [0.05, 0.1) is 28.1 Å². The molecule has 0 bridgehead atoms. The Kier molecular flexibility index (Phi) is 6.03. The fourth-order valence-electron chi connectivity index (χ4n) is 5.36. The van der Waals surface area contributed by atoms with Crippen molar-refractivity contribution in [2.24, 2.45) is 5.41 Å². The van der Waals surface area contributed by atoms with E-state index in [1.54, 1.807) is 52.1 Å². The van der Waals surface area contributed by atoms with E-state index < -0.39 is 15.4 Å². The summed E-state index contributed by atoms with van der Waals surface area (Å²) in [5.74, 6) is -0.587. The standard InChI is InChI=1S/C27H26FN7O3S/c1-18(2)34-16-25(31-32-34)39(37,38)33-12-10-20-13-24-19(15-30-35(24)22-8-6-21(28)7-9-22)14-27(20,17-33)26(36)23-5-3-4-11-29-23/h3-9,11,13,15-16,18H,10,12,14,17H2,1-2H3/p+1/t27-/m0/s1. The highest BCUT2D eigenvalue weighted by Crippen LogP contribution is 2.47. The highest BCUT2D eigenvalue weighted by Gasteiger charge is 2.52.